The van der Waals surface area contributed by atoms with Crippen molar-refractivity contribution in [1.29, 1.82) is 0 Å². The zero-order valence-corrected chi connectivity index (χ0v) is 12.6. The molecule has 9 nitrogen and oxygen atoms in total. The quantitative estimate of drug-likeness (QED) is 0.818. The lowest BCUT2D eigenvalue weighted by molar-refractivity contribution is 0.105. The summed E-state index contributed by atoms with van der Waals surface area (Å²) in [6, 6.07) is 0. The lowest BCUT2D eigenvalue weighted by Crippen LogP contribution is -2.49. The number of rotatable bonds is 3. The van der Waals surface area contributed by atoms with Gasteiger partial charge in [-0.05, 0) is 6.92 Å². The van der Waals surface area contributed by atoms with Crippen molar-refractivity contribution in [2.75, 3.05) is 62.4 Å². The largest absolute Gasteiger partial charge is 0.450 e. The normalized spacial score (nSPS) is 15.0. The van der Waals surface area contributed by atoms with Gasteiger partial charge in [0.1, 0.15) is 0 Å². The number of amides is 1. The third-order valence-electron chi connectivity index (χ3n) is 3.12. The number of piperazine rings is 1. The maximum atomic E-state index is 11.7. The number of aromatic nitrogens is 3. The van der Waals surface area contributed by atoms with Crippen LogP contribution in [-0.2, 0) is 4.74 Å². The zero-order valence-electron chi connectivity index (χ0n) is 12.6. The van der Waals surface area contributed by atoms with Crippen LogP contribution in [0.5, 0.6) is 0 Å². The van der Waals surface area contributed by atoms with E-state index in [0.717, 1.165) is 0 Å². The second-order valence-electron chi connectivity index (χ2n) is 4.86. The Morgan fingerprint density at radius 3 is 2.48 bits per heavy atom. The summed E-state index contributed by atoms with van der Waals surface area (Å²) in [5.41, 5.74) is 5.72. The third kappa shape index (κ3) is 3.61. The summed E-state index contributed by atoms with van der Waals surface area (Å²) in [5.74, 6) is 1.25. The minimum atomic E-state index is -0.277. The average Bonchev–Trinajstić information content (AvgIpc) is 2.47. The Labute approximate surface area is 123 Å². The first-order chi connectivity index (χ1) is 10.0. The molecule has 1 fully saturated rings. The molecule has 0 saturated carbocycles. The summed E-state index contributed by atoms with van der Waals surface area (Å²) in [6.07, 6.45) is -0.277. The number of anilines is 3. The molecule has 21 heavy (non-hydrogen) atoms. The average molecular weight is 295 g/mol. The van der Waals surface area contributed by atoms with E-state index < -0.39 is 0 Å². The summed E-state index contributed by atoms with van der Waals surface area (Å²) in [7, 11) is 3.69. The number of nitrogen functional groups attached to an aromatic ring is 1. The summed E-state index contributed by atoms with van der Waals surface area (Å²) in [6.45, 7) is 4.59. The molecule has 1 aliphatic rings. The van der Waals surface area contributed by atoms with E-state index in [1.165, 1.54) is 0 Å². The molecule has 9 heteroatoms. The molecule has 1 amide bonds. The SMILES string of the molecule is CCOC(=O)N1CCN(c2nc(N)nc(N(C)C)n2)CC1. The molecule has 1 saturated heterocycles. The van der Waals surface area contributed by atoms with E-state index in [-0.39, 0.29) is 12.0 Å². The van der Waals surface area contributed by atoms with Gasteiger partial charge >= 0.3 is 6.09 Å². The van der Waals surface area contributed by atoms with Crippen molar-refractivity contribution in [2.45, 2.75) is 6.92 Å². The van der Waals surface area contributed by atoms with E-state index in [9.17, 15) is 4.79 Å². The molecular formula is C12H21N7O2. The predicted molar refractivity (Wildman–Crippen MR) is 79.4 cm³/mol. The molecule has 0 unspecified atom stereocenters. The van der Waals surface area contributed by atoms with Gasteiger partial charge in [0.25, 0.3) is 0 Å². The Hall–Kier alpha value is -2.32. The molecule has 116 valence electrons. The van der Waals surface area contributed by atoms with Crippen molar-refractivity contribution in [2.24, 2.45) is 0 Å². The Kier molecular flexibility index (Phi) is 4.61. The van der Waals surface area contributed by atoms with Crippen molar-refractivity contribution < 1.29 is 9.53 Å². The Morgan fingerprint density at radius 2 is 1.90 bits per heavy atom. The van der Waals surface area contributed by atoms with Crippen molar-refractivity contribution >= 4 is 23.9 Å². The van der Waals surface area contributed by atoms with Crippen LogP contribution in [0.1, 0.15) is 6.92 Å². The smallest absolute Gasteiger partial charge is 0.409 e. The first kappa shape index (κ1) is 15.1. The van der Waals surface area contributed by atoms with Crippen molar-refractivity contribution in [3.63, 3.8) is 0 Å². The van der Waals surface area contributed by atoms with Crippen molar-refractivity contribution in [1.82, 2.24) is 19.9 Å². The number of nitrogens with zero attached hydrogens (tertiary/aromatic N) is 6. The minimum Gasteiger partial charge on any atom is -0.450 e. The lowest BCUT2D eigenvalue weighted by atomic mass is 10.3. The van der Waals surface area contributed by atoms with Gasteiger partial charge < -0.3 is 25.2 Å². The van der Waals surface area contributed by atoms with E-state index in [0.29, 0.717) is 44.7 Å². The van der Waals surface area contributed by atoms with Gasteiger partial charge in [-0.1, -0.05) is 0 Å². The monoisotopic (exact) mass is 295 g/mol. The molecule has 0 spiro atoms. The van der Waals surface area contributed by atoms with Gasteiger partial charge in [-0.15, -0.1) is 0 Å². The van der Waals surface area contributed by atoms with E-state index in [2.05, 4.69) is 15.0 Å². The molecule has 2 rings (SSSR count). The number of carbonyl (C=O) groups excluding carboxylic acids is 1. The van der Waals surface area contributed by atoms with Gasteiger partial charge in [0.15, 0.2) is 0 Å². The van der Waals surface area contributed by atoms with Gasteiger partial charge in [-0.2, -0.15) is 15.0 Å². The topological polar surface area (TPSA) is 101 Å². The van der Waals surface area contributed by atoms with E-state index in [4.69, 9.17) is 10.5 Å². The molecule has 0 aliphatic carbocycles. The molecule has 0 radical (unpaired) electrons. The van der Waals surface area contributed by atoms with Gasteiger partial charge in [0.2, 0.25) is 17.8 Å². The molecule has 2 heterocycles. The van der Waals surface area contributed by atoms with E-state index in [1.807, 2.05) is 19.0 Å². The van der Waals surface area contributed by atoms with Crippen LogP contribution in [0, 0.1) is 0 Å². The summed E-state index contributed by atoms with van der Waals surface area (Å²) >= 11 is 0. The molecule has 1 aromatic heterocycles. The van der Waals surface area contributed by atoms with Crippen LogP contribution in [-0.4, -0.2) is 72.8 Å². The minimum absolute atomic E-state index is 0.191. The molecular weight excluding hydrogens is 274 g/mol. The number of hydrogen-bond acceptors (Lipinski definition) is 8. The maximum Gasteiger partial charge on any atom is 0.409 e. The first-order valence-electron chi connectivity index (χ1n) is 6.86. The second-order valence-corrected chi connectivity index (χ2v) is 4.86. The van der Waals surface area contributed by atoms with Crippen LogP contribution >= 0.6 is 0 Å². The molecule has 1 aromatic rings. The molecule has 0 atom stereocenters. The maximum absolute atomic E-state index is 11.7. The molecule has 2 N–H and O–H groups in total. The van der Waals surface area contributed by atoms with Crippen LogP contribution in [0.15, 0.2) is 0 Å². The van der Waals surface area contributed by atoms with Crippen LogP contribution in [0.25, 0.3) is 0 Å². The van der Waals surface area contributed by atoms with Gasteiger partial charge in [0.05, 0.1) is 6.61 Å². The number of hydrogen-bond donors (Lipinski definition) is 1. The second kappa shape index (κ2) is 6.42. The fourth-order valence-corrected chi connectivity index (χ4v) is 2.01. The summed E-state index contributed by atoms with van der Waals surface area (Å²) < 4.78 is 4.99. The Morgan fingerprint density at radius 1 is 1.24 bits per heavy atom. The highest BCUT2D eigenvalue weighted by Gasteiger charge is 2.24. The zero-order chi connectivity index (χ0) is 15.4. The van der Waals surface area contributed by atoms with Crippen LogP contribution in [0.4, 0.5) is 22.6 Å². The fraction of sp³-hybridized carbons (Fsp3) is 0.667. The Bertz CT molecular complexity index is 500. The summed E-state index contributed by atoms with van der Waals surface area (Å²) in [4.78, 5) is 29.7. The summed E-state index contributed by atoms with van der Waals surface area (Å²) in [5, 5.41) is 0. The van der Waals surface area contributed by atoms with Crippen LogP contribution in [0.2, 0.25) is 0 Å². The highest BCUT2D eigenvalue weighted by atomic mass is 16.6. The Balaban J connectivity index is 2.03. The van der Waals surface area contributed by atoms with E-state index >= 15 is 0 Å². The van der Waals surface area contributed by atoms with Crippen molar-refractivity contribution in [3.05, 3.63) is 0 Å². The van der Waals surface area contributed by atoms with E-state index in [1.54, 1.807) is 16.7 Å². The number of ether oxygens (including phenoxy) is 1. The standard InChI is InChI=1S/C12H21N7O2/c1-4-21-12(20)19-7-5-18(6-8-19)11-15-9(13)14-10(16-11)17(2)3/h4-8H2,1-3H3,(H2,13,14,15,16). The predicted octanol–water partition coefficient (Wildman–Crippen LogP) is -0.202. The highest BCUT2D eigenvalue weighted by Crippen LogP contribution is 2.15. The van der Waals surface area contributed by atoms with Gasteiger partial charge in [-0.25, -0.2) is 4.79 Å². The van der Waals surface area contributed by atoms with Crippen LogP contribution < -0.4 is 15.5 Å². The lowest BCUT2D eigenvalue weighted by Gasteiger charge is -2.34. The molecule has 0 bridgehead atoms. The highest BCUT2D eigenvalue weighted by molar-refractivity contribution is 5.68. The number of nitrogens with two attached hydrogens (primary N) is 1. The van der Waals surface area contributed by atoms with Gasteiger partial charge in [0, 0.05) is 40.3 Å². The van der Waals surface area contributed by atoms with Gasteiger partial charge in [-0.3, -0.25) is 0 Å². The van der Waals surface area contributed by atoms with Crippen molar-refractivity contribution in [3.8, 4) is 0 Å². The third-order valence-corrected chi connectivity index (χ3v) is 3.12. The fourth-order valence-electron chi connectivity index (χ4n) is 2.01. The molecule has 0 aromatic carbocycles. The number of carbonyl (C=O) groups is 1. The first-order valence-corrected chi connectivity index (χ1v) is 6.86. The molecule has 1 aliphatic heterocycles. The van der Waals surface area contributed by atoms with Crippen LogP contribution in [0.3, 0.4) is 0 Å².